The van der Waals surface area contributed by atoms with Gasteiger partial charge in [0.1, 0.15) is 17.3 Å². The molecule has 1 aliphatic heterocycles. The van der Waals surface area contributed by atoms with Crippen molar-refractivity contribution < 1.29 is 62.4 Å². The number of fused-ring (bicyclic) bond motifs is 1. The van der Waals surface area contributed by atoms with Crippen molar-refractivity contribution in [3.05, 3.63) is 112 Å². The Kier molecular flexibility index (Phi) is 8.21. The quantitative estimate of drug-likeness (QED) is 0.169. The van der Waals surface area contributed by atoms with Gasteiger partial charge >= 0.3 is 24.7 Å². The van der Waals surface area contributed by atoms with Gasteiger partial charge in [0, 0.05) is 11.5 Å². The number of nitrogens with zero attached hydrogens (tertiary/aromatic N) is 3. The third kappa shape index (κ3) is 6.43. The van der Waals surface area contributed by atoms with Gasteiger partial charge in [0.05, 0.1) is 22.3 Å². The van der Waals surface area contributed by atoms with Crippen LogP contribution in [0.15, 0.2) is 67.0 Å². The topological polar surface area (TPSA) is 41.9 Å². The standard InChI is InChI=1S/C31H24F12N3O/c1-16(2)23-5-3-4-6-24(23)46-15-45-25(7-8-26(45)44-46)27(47,17-9-19(28(32,33)34)13-20(10-17)29(35,36)37)18-11-21(30(38,39)40)14-22(12-18)31(41,42)43/h3-6,9-16,25,47H,7-8H2,1-2H3/q+1/t25-/m0/s1. The molecule has 0 saturated heterocycles. The maximum absolute atomic E-state index is 13.9. The van der Waals surface area contributed by atoms with Crippen LogP contribution in [0.5, 0.6) is 0 Å². The van der Waals surface area contributed by atoms with Crippen molar-refractivity contribution in [2.24, 2.45) is 0 Å². The molecular weight excluding hydrogens is 658 g/mol. The zero-order valence-electron chi connectivity index (χ0n) is 24.2. The first-order valence-corrected chi connectivity index (χ1v) is 13.9. The number of aliphatic hydroxyl groups is 1. The summed E-state index contributed by atoms with van der Waals surface area (Å²) >= 11 is 0. The lowest BCUT2D eigenvalue weighted by Crippen LogP contribution is -2.50. The molecule has 3 aromatic carbocycles. The van der Waals surface area contributed by atoms with E-state index in [1.54, 1.807) is 24.3 Å². The van der Waals surface area contributed by atoms with Crippen LogP contribution >= 0.6 is 0 Å². The van der Waals surface area contributed by atoms with E-state index < -0.39 is 69.7 Å². The van der Waals surface area contributed by atoms with Gasteiger partial charge in [-0.3, -0.25) is 0 Å². The number of hydrogen-bond donors (Lipinski definition) is 1. The average molecular weight is 683 g/mol. The van der Waals surface area contributed by atoms with Crippen molar-refractivity contribution in [2.75, 3.05) is 0 Å². The van der Waals surface area contributed by atoms with Crippen LogP contribution in [0, 0.1) is 0 Å². The summed E-state index contributed by atoms with van der Waals surface area (Å²) in [7, 11) is 0. The number of aryl methyl sites for hydroxylation is 1. The molecule has 252 valence electrons. The highest BCUT2D eigenvalue weighted by Gasteiger charge is 2.52. The molecule has 4 nitrogen and oxygen atoms in total. The highest BCUT2D eigenvalue weighted by molar-refractivity contribution is 5.47. The summed E-state index contributed by atoms with van der Waals surface area (Å²) in [5.41, 5.74) is -12.2. The minimum atomic E-state index is -5.44. The summed E-state index contributed by atoms with van der Waals surface area (Å²) in [6.45, 7) is 3.73. The van der Waals surface area contributed by atoms with Gasteiger partial charge in [0.15, 0.2) is 0 Å². The van der Waals surface area contributed by atoms with E-state index in [0.717, 1.165) is 10.1 Å². The zero-order valence-corrected chi connectivity index (χ0v) is 24.2. The zero-order chi connectivity index (χ0) is 34.9. The molecule has 16 heteroatoms. The van der Waals surface area contributed by atoms with Gasteiger partial charge in [-0.2, -0.15) is 52.7 Å². The fourth-order valence-electron chi connectivity index (χ4n) is 5.84. The van der Waals surface area contributed by atoms with Crippen LogP contribution in [0.1, 0.15) is 77.0 Å². The van der Waals surface area contributed by atoms with Gasteiger partial charge in [0.2, 0.25) is 6.33 Å². The highest BCUT2D eigenvalue weighted by Crippen LogP contribution is 2.48. The molecule has 2 heterocycles. The molecule has 0 radical (unpaired) electrons. The van der Waals surface area contributed by atoms with Crippen LogP contribution in [0.25, 0.3) is 5.69 Å². The van der Waals surface area contributed by atoms with Gasteiger partial charge in [-0.05, 0) is 71.5 Å². The highest BCUT2D eigenvalue weighted by atomic mass is 19.4. The number of benzene rings is 3. The minimum Gasteiger partial charge on any atom is -0.377 e. The van der Waals surface area contributed by atoms with E-state index in [1.807, 2.05) is 13.8 Å². The van der Waals surface area contributed by atoms with Crippen molar-refractivity contribution >= 4 is 0 Å². The maximum Gasteiger partial charge on any atom is 0.416 e. The summed E-state index contributed by atoms with van der Waals surface area (Å²) in [6, 6.07) is 5.00. The average Bonchev–Trinajstić information content (AvgIpc) is 3.56. The predicted molar refractivity (Wildman–Crippen MR) is 141 cm³/mol. The van der Waals surface area contributed by atoms with Crippen LogP contribution in [0.3, 0.4) is 0 Å². The largest absolute Gasteiger partial charge is 0.416 e. The van der Waals surface area contributed by atoms with Gasteiger partial charge in [-0.1, -0.05) is 36.7 Å². The molecule has 0 spiro atoms. The van der Waals surface area contributed by atoms with E-state index in [0.29, 0.717) is 5.69 Å². The van der Waals surface area contributed by atoms with Crippen molar-refractivity contribution in [1.29, 1.82) is 0 Å². The van der Waals surface area contributed by atoms with Crippen LogP contribution in [-0.4, -0.2) is 14.9 Å². The monoisotopic (exact) mass is 682 g/mol. The third-order valence-corrected chi connectivity index (χ3v) is 8.08. The van der Waals surface area contributed by atoms with Crippen molar-refractivity contribution in [1.82, 2.24) is 9.78 Å². The first-order valence-electron chi connectivity index (χ1n) is 13.9. The number of halogens is 12. The van der Waals surface area contributed by atoms with E-state index in [-0.39, 0.29) is 61.0 Å². The van der Waals surface area contributed by atoms with Crippen molar-refractivity contribution in [3.63, 3.8) is 0 Å². The number of rotatable bonds is 5. The fraction of sp³-hybridized carbons (Fsp3) is 0.355. The minimum absolute atomic E-state index is 0.0558. The Morgan fingerprint density at radius 2 is 1.09 bits per heavy atom. The Morgan fingerprint density at radius 1 is 0.681 bits per heavy atom. The first-order chi connectivity index (χ1) is 21.5. The van der Waals surface area contributed by atoms with Gasteiger partial charge < -0.3 is 5.11 Å². The van der Waals surface area contributed by atoms with Crippen LogP contribution < -0.4 is 4.57 Å². The molecule has 1 atom stereocenters. The molecule has 0 bridgehead atoms. The summed E-state index contributed by atoms with van der Waals surface area (Å²) in [5.74, 6) is 0.0674. The maximum atomic E-state index is 13.9. The second-order valence-corrected chi connectivity index (χ2v) is 11.5. The van der Waals surface area contributed by atoms with E-state index >= 15 is 0 Å². The van der Waals surface area contributed by atoms with Gasteiger partial charge in [-0.25, -0.2) is 4.57 Å². The lowest BCUT2D eigenvalue weighted by Gasteiger charge is -2.35. The molecule has 0 fully saturated rings. The smallest absolute Gasteiger partial charge is 0.377 e. The third-order valence-electron chi connectivity index (χ3n) is 8.08. The van der Waals surface area contributed by atoms with E-state index in [9.17, 15) is 57.8 Å². The molecule has 0 unspecified atom stereocenters. The number of aromatic nitrogens is 3. The SMILES string of the molecule is CC(C)c1ccccc1-n1c[n+]2c(n1)CC[C@H]2C(O)(c1cc(C(F)(F)F)cc(C(F)(F)F)c1)c1cc(C(F)(F)F)cc(C(F)(F)F)c1. The Hall–Kier alpha value is -4.08. The lowest BCUT2D eigenvalue weighted by atomic mass is 9.77. The normalized spacial score (nSPS) is 16.2. The van der Waals surface area contributed by atoms with E-state index in [4.69, 9.17) is 0 Å². The second kappa shape index (κ2) is 11.3. The molecule has 0 aliphatic carbocycles. The Labute approximate surface area is 258 Å². The summed E-state index contributed by atoms with van der Waals surface area (Å²) in [5, 5.41) is 16.8. The summed E-state index contributed by atoms with van der Waals surface area (Å²) < 4.78 is 169. The molecule has 47 heavy (non-hydrogen) atoms. The summed E-state index contributed by atoms with van der Waals surface area (Å²) in [4.78, 5) is 0. The van der Waals surface area contributed by atoms with Crippen LogP contribution in [-0.2, 0) is 36.7 Å². The molecule has 1 N–H and O–H groups in total. The number of alkyl halides is 12. The molecule has 4 aromatic rings. The molecule has 1 aromatic heterocycles. The van der Waals surface area contributed by atoms with E-state index in [2.05, 4.69) is 5.10 Å². The fourth-order valence-corrected chi connectivity index (χ4v) is 5.84. The molecule has 0 amide bonds. The van der Waals surface area contributed by atoms with Crippen molar-refractivity contribution in [3.8, 4) is 5.69 Å². The summed E-state index contributed by atoms with van der Waals surface area (Å²) in [6.07, 6.45) is -20.9. The molecule has 5 rings (SSSR count). The Morgan fingerprint density at radius 3 is 1.49 bits per heavy atom. The van der Waals surface area contributed by atoms with Crippen molar-refractivity contribution in [2.45, 2.75) is 69.0 Å². The van der Waals surface area contributed by atoms with Gasteiger partial charge in [-0.15, -0.1) is 0 Å². The first kappa shape index (κ1) is 34.3. The molecule has 0 saturated carbocycles. The van der Waals surface area contributed by atoms with E-state index in [1.165, 1.54) is 11.0 Å². The van der Waals surface area contributed by atoms with Crippen LogP contribution in [0.4, 0.5) is 52.7 Å². The Bertz CT molecular complexity index is 1660. The lowest BCUT2D eigenvalue weighted by molar-refractivity contribution is -0.731. The molecular formula is C31H24F12N3O+. The van der Waals surface area contributed by atoms with Gasteiger partial charge in [0.25, 0.3) is 5.82 Å². The van der Waals surface area contributed by atoms with Crippen LogP contribution in [0.2, 0.25) is 0 Å². The molecule has 1 aliphatic rings. The number of hydrogen-bond acceptors (Lipinski definition) is 2. The number of para-hydroxylation sites is 1. The predicted octanol–water partition coefficient (Wildman–Crippen LogP) is 8.78. The second-order valence-electron chi connectivity index (χ2n) is 11.5. The Balaban J connectivity index is 1.84.